The van der Waals surface area contributed by atoms with Gasteiger partial charge in [-0.25, -0.2) is 0 Å². The smallest absolute Gasteiger partial charge is 0.274 e. The number of nitrogens with zero attached hydrogens (tertiary/aromatic N) is 2. The predicted molar refractivity (Wildman–Crippen MR) is 107 cm³/mol. The number of hydrogen-bond donors (Lipinski definition) is 1. The van der Waals surface area contributed by atoms with Gasteiger partial charge in [0, 0.05) is 31.9 Å². The molecule has 0 unspecified atom stereocenters. The van der Waals surface area contributed by atoms with E-state index in [4.69, 9.17) is 0 Å². The molecular weight excluding hydrogens is 342 g/mol. The first-order chi connectivity index (χ1) is 12.9. The second kappa shape index (κ2) is 9.16. The molecule has 1 heterocycles. The highest BCUT2D eigenvalue weighted by Gasteiger charge is 2.18. The molecule has 0 fully saturated rings. The summed E-state index contributed by atoms with van der Waals surface area (Å²) in [5, 5.41) is 2.65. The van der Waals surface area contributed by atoms with Crippen molar-refractivity contribution in [2.24, 2.45) is 7.05 Å². The van der Waals surface area contributed by atoms with E-state index < -0.39 is 0 Å². The Morgan fingerprint density at radius 1 is 1.07 bits per heavy atom. The third-order valence-corrected chi connectivity index (χ3v) is 4.23. The first kappa shape index (κ1) is 20.4. The maximum Gasteiger partial charge on any atom is 0.274 e. The van der Waals surface area contributed by atoms with Gasteiger partial charge < -0.3 is 14.8 Å². The van der Waals surface area contributed by atoms with Crippen LogP contribution >= 0.6 is 0 Å². The zero-order valence-electron chi connectivity index (χ0n) is 16.4. The van der Waals surface area contributed by atoms with E-state index in [0.717, 1.165) is 18.4 Å². The van der Waals surface area contributed by atoms with Crippen molar-refractivity contribution in [2.45, 2.75) is 33.6 Å². The number of carbonyl (C=O) groups excluding carboxylic acids is 2. The van der Waals surface area contributed by atoms with Gasteiger partial charge in [0.1, 0.15) is 5.69 Å². The molecule has 0 saturated carbocycles. The van der Waals surface area contributed by atoms with E-state index in [2.05, 4.69) is 5.32 Å². The van der Waals surface area contributed by atoms with Gasteiger partial charge in [-0.05, 0) is 38.0 Å². The summed E-state index contributed by atoms with van der Waals surface area (Å²) in [6.45, 7) is 7.24. The summed E-state index contributed by atoms with van der Waals surface area (Å²) in [7, 11) is 1.57. The molecule has 0 aliphatic heterocycles. The fraction of sp³-hybridized carbons (Fsp3) is 0.381. The standard InChI is InChI=1S/C21H27N3O3/c1-5-10-24(11-6-2)20(26)17-13-18(21(27)23(4)14-17)22-19(25)16-9-7-8-15(3)12-16/h7-9,12-14H,5-6,10-11H2,1-4H3,(H,22,25). The average molecular weight is 369 g/mol. The quantitative estimate of drug-likeness (QED) is 0.815. The van der Waals surface area contributed by atoms with Crippen molar-refractivity contribution < 1.29 is 9.59 Å². The van der Waals surface area contributed by atoms with E-state index in [1.807, 2.05) is 26.8 Å². The summed E-state index contributed by atoms with van der Waals surface area (Å²) in [6.07, 6.45) is 3.23. The van der Waals surface area contributed by atoms with Crippen LogP contribution in [0, 0.1) is 6.92 Å². The highest BCUT2D eigenvalue weighted by atomic mass is 16.2. The van der Waals surface area contributed by atoms with Crippen LogP contribution < -0.4 is 10.9 Å². The van der Waals surface area contributed by atoms with Crippen LogP contribution in [0.25, 0.3) is 0 Å². The average Bonchev–Trinajstić information content (AvgIpc) is 2.64. The number of rotatable bonds is 7. The molecule has 0 aliphatic carbocycles. The van der Waals surface area contributed by atoms with Crippen LogP contribution in [-0.2, 0) is 7.05 Å². The minimum atomic E-state index is -0.376. The van der Waals surface area contributed by atoms with Crippen LogP contribution in [0.15, 0.2) is 41.3 Å². The van der Waals surface area contributed by atoms with Crippen LogP contribution in [0.3, 0.4) is 0 Å². The minimum Gasteiger partial charge on any atom is -0.339 e. The summed E-state index contributed by atoms with van der Waals surface area (Å²) in [6, 6.07) is 8.59. The minimum absolute atomic E-state index is 0.0998. The van der Waals surface area contributed by atoms with E-state index in [1.54, 1.807) is 30.1 Å². The van der Waals surface area contributed by atoms with Gasteiger partial charge in [0.2, 0.25) is 0 Å². The second-order valence-corrected chi connectivity index (χ2v) is 6.67. The van der Waals surface area contributed by atoms with Crippen molar-refractivity contribution in [1.82, 2.24) is 9.47 Å². The largest absolute Gasteiger partial charge is 0.339 e. The van der Waals surface area contributed by atoms with Gasteiger partial charge in [0.15, 0.2) is 0 Å². The van der Waals surface area contributed by atoms with Crippen molar-refractivity contribution >= 4 is 17.5 Å². The number of pyridine rings is 1. The number of aryl methyl sites for hydroxylation is 2. The Kier molecular flexibility index (Phi) is 6.93. The summed E-state index contributed by atoms with van der Waals surface area (Å²) >= 11 is 0. The third-order valence-electron chi connectivity index (χ3n) is 4.23. The van der Waals surface area contributed by atoms with Crippen LogP contribution in [0.4, 0.5) is 5.69 Å². The highest BCUT2D eigenvalue weighted by Crippen LogP contribution is 2.12. The lowest BCUT2D eigenvalue weighted by atomic mass is 10.1. The summed E-state index contributed by atoms with van der Waals surface area (Å²) in [5.41, 5.74) is 1.55. The lowest BCUT2D eigenvalue weighted by Gasteiger charge is -2.22. The molecule has 144 valence electrons. The monoisotopic (exact) mass is 369 g/mol. The zero-order valence-corrected chi connectivity index (χ0v) is 16.4. The topological polar surface area (TPSA) is 71.4 Å². The van der Waals surface area contributed by atoms with E-state index in [-0.39, 0.29) is 23.1 Å². The number of hydrogen-bond acceptors (Lipinski definition) is 3. The maximum atomic E-state index is 12.8. The van der Waals surface area contributed by atoms with Crippen LogP contribution in [-0.4, -0.2) is 34.4 Å². The first-order valence-electron chi connectivity index (χ1n) is 9.25. The molecule has 0 aliphatic rings. The van der Waals surface area contributed by atoms with Gasteiger partial charge in [-0.2, -0.15) is 0 Å². The van der Waals surface area contributed by atoms with Gasteiger partial charge in [-0.3, -0.25) is 14.4 Å². The molecule has 2 amide bonds. The van der Waals surface area contributed by atoms with E-state index in [1.165, 1.54) is 16.8 Å². The molecule has 0 radical (unpaired) electrons. The molecule has 1 aromatic carbocycles. The highest BCUT2D eigenvalue weighted by molar-refractivity contribution is 6.05. The molecule has 0 spiro atoms. The lowest BCUT2D eigenvalue weighted by molar-refractivity contribution is 0.0754. The maximum absolute atomic E-state index is 12.8. The van der Waals surface area contributed by atoms with Gasteiger partial charge in [-0.15, -0.1) is 0 Å². The Labute approximate surface area is 159 Å². The molecule has 0 saturated heterocycles. The molecule has 0 atom stereocenters. The van der Waals surface area contributed by atoms with Gasteiger partial charge in [-0.1, -0.05) is 31.5 Å². The lowest BCUT2D eigenvalue weighted by Crippen LogP contribution is -2.34. The molecular formula is C21H27N3O3. The van der Waals surface area contributed by atoms with Crippen molar-refractivity contribution in [3.05, 3.63) is 63.6 Å². The number of aromatic nitrogens is 1. The second-order valence-electron chi connectivity index (χ2n) is 6.67. The normalized spacial score (nSPS) is 10.5. The van der Waals surface area contributed by atoms with Crippen molar-refractivity contribution in [3.8, 4) is 0 Å². The third kappa shape index (κ3) is 5.06. The van der Waals surface area contributed by atoms with Crippen molar-refractivity contribution in [3.63, 3.8) is 0 Å². The SMILES string of the molecule is CCCN(CCC)C(=O)c1cc(NC(=O)c2cccc(C)c2)c(=O)n(C)c1. The van der Waals surface area contributed by atoms with Crippen LogP contribution in [0.1, 0.15) is 53.0 Å². The Morgan fingerprint density at radius 2 is 1.74 bits per heavy atom. The summed E-state index contributed by atoms with van der Waals surface area (Å²) in [5.74, 6) is -0.514. The van der Waals surface area contributed by atoms with Crippen LogP contribution in [0.5, 0.6) is 0 Å². The molecule has 6 heteroatoms. The van der Waals surface area contributed by atoms with Crippen LogP contribution in [0.2, 0.25) is 0 Å². The Bertz CT molecular complexity index is 880. The molecule has 1 aromatic heterocycles. The van der Waals surface area contributed by atoms with Crippen molar-refractivity contribution in [1.29, 1.82) is 0 Å². The summed E-state index contributed by atoms with van der Waals surface area (Å²) in [4.78, 5) is 39.5. The van der Waals surface area contributed by atoms with Gasteiger partial charge in [0.25, 0.3) is 17.4 Å². The zero-order chi connectivity index (χ0) is 20.0. The Balaban J connectivity index is 2.33. The first-order valence-corrected chi connectivity index (χ1v) is 9.25. The fourth-order valence-corrected chi connectivity index (χ4v) is 2.94. The molecule has 6 nitrogen and oxygen atoms in total. The van der Waals surface area contributed by atoms with E-state index in [9.17, 15) is 14.4 Å². The molecule has 1 N–H and O–H groups in total. The fourth-order valence-electron chi connectivity index (χ4n) is 2.94. The molecule has 0 bridgehead atoms. The van der Waals surface area contributed by atoms with Crippen molar-refractivity contribution in [2.75, 3.05) is 18.4 Å². The summed E-state index contributed by atoms with van der Waals surface area (Å²) < 4.78 is 1.33. The van der Waals surface area contributed by atoms with Gasteiger partial charge >= 0.3 is 0 Å². The number of benzene rings is 1. The molecule has 27 heavy (non-hydrogen) atoms. The number of nitrogens with one attached hydrogen (secondary N) is 1. The number of amides is 2. The number of carbonyl (C=O) groups is 2. The van der Waals surface area contributed by atoms with Gasteiger partial charge in [0.05, 0.1) is 5.56 Å². The Morgan fingerprint density at radius 3 is 2.33 bits per heavy atom. The van der Waals surface area contributed by atoms with E-state index >= 15 is 0 Å². The number of anilines is 1. The predicted octanol–water partition coefficient (Wildman–Crippen LogP) is 3.21. The Hall–Kier alpha value is -2.89. The molecule has 2 aromatic rings. The molecule has 2 rings (SSSR count). The van der Waals surface area contributed by atoms with E-state index in [0.29, 0.717) is 24.2 Å².